The van der Waals surface area contributed by atoms with Gasteiger partial charge in [0.2, 0.25) is 0 Å². The smallest absolute Gasteiger partial charge is 0.180 e. The van der Waals surface area contributed by atoms with Gasteiger partial charge in [0.1, 0.15) is 6.10 Å². The molecule has 6 aliphatic rings. The molecular weight excluding hydrogens is 598 g/mol. The number of aliphatic hydroxyl groups excluding tert-OH is 4. The summed E-state index contributed by atoms with van der Waals surface area (Å²) < 4.78 is 6.59. The van der Waals surface area contributed by atoms with Gasteiger partial charge in [-0.25, -0.2) is 0 Å². The molecule has 0 aromatic heterocycles. The molecule has 9 nitrogen and oxygen atoms in total. The number of fused-ring (bicyclic) bond motifs is 6. The first-order valence-electron chi connectivity index (χ1n) is 18.9. The minimum absolute atomic E-state index is 0.0318. The molecule has 0 radical (unpaired) electrons. The van der Waals surface area contributed by atoms with Gasteiger partial charge in [-0.1, -0.05) is 47.0 Å². The van der Waals surface area contributed by atoms with Crippen molar-refractivity contribution in [1.82, 2.24) is 0 Å². The van der Waals surface area contributed by atoms with E-state index in [1.54, 1.807) is 13.8 Å². The topological polar surface area (TPSA) is 160 Å². The molecule has 1 heterocycles. The highest BCUT2D eigenvalue weighted by molar-refractivity contribution is 6.42. The van der Waals surface area contributed by atoms with Gasteiger partial charge in [0.05, 0.1) is 54.0 Å². The average molecular weight is 662 g/mol. The minimum Gasteiger partial charge on any atom is -0.391 e. The fourth-order valence-electron chi connectivity index (χ4n) is 12.4. The van der Waals surface area contributed by atoms with Crippen LogP contribution in [0.2, 0.25) is 0 Å². The molecule has 17 unspecified atom stereocenters. The van der Waals surface area contributed by atoms with E-state index in [9.17, 15) is 35.4 Å². The third kappa shape index (κ3) is 5.52. The molecular formula is C38H63NO8. The monoisotopic (exact) mass is 661 g/mol. The molecule has 9 heteroatoms. The number of nitrogens with zero attached hydrogens (tertiary/aromatic N) is 1. The van der Waals surface area contributed by atoms with Gasteiger partial charge in [0, 0.05) is 17.3 Å². The van der Waals surface area contributed by atoms with E-state index in [1.807, 2.05) is 13.8 Å². The van der Waals surface area contributed by atoms with E-state index in [1.165, 1.54) is 19.3 Å². The second-order valence-corrected chi connectivity index (χ2v) is 17.8. The number of Topliss-reactive ketones (excluding diaryl/α,β-unsaturated/α-hetero) is 1. The summed E-state index contributed by atoms with van der Waals surface area (Å²) in [7, 11) is 0. The van der Waals surface area contributed by atoms with Gasteiger partial charge in [-0.15, -0.1) is 0 Å². The summed E-state index contributed by atoms with van der Waals surface area (Å²) in [5.41, 5.74) is -4.13. The van der Waals surface area contributed by atoms with E-state index in [-0.39, 0.29) is 48.8 Å². The normalized spacial score (nSPS) is 51.4. The quantitative estimate of drug-likeness (QED) is 0.229. The predicted molar refractivity (Wildman–Crippen MR) is 179 cm³/mol. The van der Waals surface area contributed by atoms with Gasteiger partial charge in [-0.05, 0) is 107 Å². The number of ketones is 1. The number of hydrogen-bond acceptors (Lipinski definition) is 9. The van der Waals surface area contributed by atoms with E-state index < -0.39 is 70.3 Å². The lowest BCUT2D eigenvalue weighted by Crippen LogP contribution is -2.70. The number of ether oxygens (including phenoxy) is 1. The molecule has 0 amide bonds. The van der Waals surface area contributed by atoms with Crippen molar-refractivity contribution in [1.29, 1.82) is 0 Å². The van der Waals surface area contributed by atoms with Crippen LogP contribution in [0.4, 0.5) is 0 Å². The number of unbranched alkanes of at least 4 members (excludes halogenated alkanes) is 1. The van der Waals surface area contributed by atoms with Crippen LogP contribution >= 0.6 is 0 Å². The van der Waals surface area contributed by atoms with Crippen molar-refractivity contribution >= 4 is 11.5 Å². The van der Waals surface area contributed by atoms with Crippen LogP contribution < -0.4 is 0 Å². The van der Waals surface area contributed by atoms with Crippen molar-refractivity contribution in [2.45, 2.75) is 166 Å². The van der Waals surface area contributed by atoms with E-state index in [4.69, 9.17) is 9.73 Å². The zero-order chi connectivity index (χ0) is 34.3. The van der Waals surface area contributed by atoms with Crippen LogP contribution in [0.25, 0.3) is 0 Å². The van der Waals surface area contributed by atoms with Gasteiger partial charge in [-0.2, -0.15) is 0 Å². The molecule has 17 atom stereocenters. The first-order chi connectivity index (χ1) is 22.0. The lowest BCUT2D eigenvalue weighted by molar-refractivity contribution is -0.223. The molecule has 5 aliphatic carbocycles. The number of hydrogen-bond donors (Lipinski definition) is 6. The molecule has 47 heavy (non-hydrogen) atoms. The van der Waals surface area contributed by atoms with Crippen molar-refractivity contribution in [2.24, 2.45) is 57.2 Å². The van der Waals surface area contributed by atoms with Gasteiger partial charge >= 0.3 is 0 Å². The first-order valence-corrected chi connectivity index (χ1v) is 18.9. The largest absolute Gasteiger partial charge is 0.391 e. The minimum atomic E-state index is -1.55. The molecule has 1 aliphatic heterocycles. The summed E-state index contributed by atoms with van der Waals surface area (Å²) in [6, 6.07) is 0. The van der Waals surface area contributed by atoms with Crippen molar-refractivity contribution in [3.63, 3.8) is 0 Å². The summed E-state index contributed by atoms with van der Waals surface area (Å²) in [5.74, 6) is -0.842. The zero-order valence-electron chi connectivity index (χ0n) is 29.6. The molecule has 0 bridgehead atoms. The Kier molecular flexibility index (Phi) is 9.68. The van der Waals surface area contributed by atoms with Crippen LogP contribution in [-0.2, 0) is 9.53 Å². The highest BCUT2D eigenvalue weighted by Crippen LogP contribution is 2.69. The van der Waals surface area contributed by atoms with Gasteiger partial charge in [0.15, 0.2) is 5.78 Å². The molecule has 6 fully saturated rings. The average Bonchev–Trinajstić information content (AvgIpc) is 3.49. The van der Waals surface area contributed by atoms with Crippen LogP contribution in [0.3, 0.4) is 0 Å². The fraction of sp³-hybridized carbons (Fsp3) is 0.947. The Balaban J connectivity index is 1.30. The molecule has 0 spiro atoms. The van der Waals surface area contributed by atoms with Crippen LogP contribution in [-0.4, -0.2) is 96.5 Å². The SMILES string of the molecule is CCCCC1CCC2OC(C(O)C(C)(O)C3CCC4(O)C5C(=NCC(C)O)C(=O)C6CC(O)C(O)CC6(C)C5CCC34C)C(C)C2C1. The molecule has 1 saturated heterocycles. The number of aliphatic imine (C=N–C) groups is 1. The first kappa shape index (κ1) is 35.9. The Bertz CT molecular complexity index is 1210. The van der Waals surface area contributed by atoms with Gasteiger partial charge in [0.25, 0.3) is 0 Å². The maximum absolute atomic E-state index is 14.3. The zero-order valence-corrected chi connectivity index (χ0v) is 29.6. The van der Waals surface area contributed by atoms with Gasteiger partial charge in [-0.3, -0.25) is 9.79 Å². The lowest BCUT2D eigenvalue weighted by atomic mass is 9.42. The van der Waals surface area contributed by atoms with Crippen molar-refractivity contribution in [3.05, 3.63) is 0 Å². The lowest BCUT2D eigenvalue weighted by Gasteiger charge is -2.64. The van der Waals surface area contributed by atoms with Crippen molar-refractivity contribution in [3.8, 4) is 0 Å². The summed E-state index contributed by atoms with van der Waals surface area (Å²) in [4.78, 5) is 19.0. The Morgan fingerprint density at radius 1 is 1.06 bits per heavy atom. The van der Waals surface area contributed by atoms with Crippen LogP contribution in [0.15, 0.2) is 4.99 Å². The number of carbonyl (C=O) groups is 1. The van der Waals surface area contributed by atoms with Crippen molar-refractivity contribution in [2.75, 3.05) is 6.54 Å². The highest BCUT2D eigenvalue weighted by Gasteiger charge is 2.73. The number of rotatable bonds is 8. The maximum Gasteiger partial charge on any atom is 0.180 e. The van der Waals surface area contributed by atoms with E-state index in [2.05, 4.69) is 13.8 Å². The maximum atomic E-state index is 14.3. The molecule has 5 saturated carbocycles. The molecule has 0 aromatic rings. The van der Waals surface area contributed by atoms with E-state index >= 15 is 0 Å². The second-order valence-electron chi connectivity index (χ2n) is 17.8. The predicted octanol–water partition coefficient (Wildman–Crippen LogP) is 3.82. The van der Waals surface area contributed by atoms with Crippen LogP contribution in [0.5, 0.6) is 0 Å². The third-order valence-electron chi connectivity index (χ3n) is 15.1. The molecule has 6 N–H and O–H groups in total. The highest BCUT2D eigenvalue weighted by atomic mass is 16.5. The summed E-state index contributed by atoms with van der Waals surface area (Å²) in [6.45, 7) is 11.8. The molecule has 268 valence electrons. The Labute approximate surface area is 281 Å². The fourth-order valence-corrected chi connectivity index (χ4v) is 12.4. The summed E-state index contributed by atoms with van der Waals surface area (Å²) >= 11 is 0. The standard InChI is InChI=1S/C38H63NO8/c1-7-8-9-22-10-11-28-23(16-22)21(3)33(47-28)34(44)37(6,45)29-13-15-38(46)30-24(12-14-36(29,38)5)35(4)18-27(42)26(41)17-25(35)32(43)31(30)39-19-20(2)40/h20-30,33-34,40-42,44-46H,7-19H2,1-6H3. The van der Waals surface area contributed by atoms with E-state index in [0.717, 1.165) is 19.3 Å². The van der Waals surface area contributed by atoms with Gasteiger partial charge < -0.3 is 35.4 Å². The summed E-state index contributed by atoms with van der Waals surface area (Å²) in [6.07, 6.45) is 5.16. The van der Waals surface area contributed by atoms with E-state index in [0.29, 0.717) is 37.5 Å². The second kappa shape index (κ2) is 12.7. The Morgan fingerprint density at radius 2 is 1.79 bits per heavy atom. The van der Waals surface area contributed by atoms with Crippen LogP contribution in [0.1, 0.15) is 119 Å². The Hall–Kier alpha value is -0.940. The number of carbonyl (C=O) groups excluding carboxylic acids is 1. The third-order valence-corrected chi connectivity index (χ3v) is 15.1. The molecule has 0 aromatic carbocycles. The van der Waals surface area contributed by atoms with Crippen LogP contribution in [0, 0.1) is 52.3 Å². The number of aliphatic hydroxyl groups is 6. The summed E-state index contributed by atoms with van der Waals surface area (Å²) in [5, 5.41) is 69.1. The Morgan fingerprint density at radius 3 is 2.47 bits per heavy atom. The van der Waals surface area contributed by atoms with Crippen molar-refractivity contribution < 1.29 is 40.2 Å². The molecule has 6 rings (SSSR count).